The molecule has 1 N–H and O–H groups in total. The van der Waals surface area contributed by atoms with Gasteiger partial charge in [-0.05, 0) is 43.5 Å². The van der Waals surface area contributed by atoms with Crippen LogP contribution in [-0.2, 0) is 6.54 Å². The lowest BCUT2D eigenvalue weighted by atomic mass is 9.74. The molecule has 0 atom stereocenters. The minimum Gasteiger partial charge on any atom is -0.384 e. The van der Waals surface area contributed by atoms with E-state index in [1.807, 2.05) is 0 Å². The Morgan fingerprint density at radius 3 is 2.55 bits per heavy atom. The summed E-state index contributed by atoms with van der Waals surface area (Å²) in [6.07, 6.45) is 5.31. The molecule has 1 aliphatic heterocycles. The van der Waals surface area contributed by atoms with Crippen LogP contribution >= 0.6 is 11.3 Å². The van der Waals surface area contributed by atoms with Crippen LogP contribution in [0.25, 0.3) is 0 Å². The first-order valence-electron chi connectivity index (χ1n) is 7.62. The zero-order valence-electron chi connectivity index (χ0n) is 12.6. The van der Waals surface area contributed by atoms with Gasteiger partial charge in [-0.1, -0.05) is 38.5 Å². The van der Waals surface area contributed by atoms with Crippen molar-refractivity contribution < 1.29 is 5.11 Å². The predicted octanol–water partition coefficient (Wildman–Crippen LogP) is 3.49. The van der Waals surface area contributed by atoms with E-state index in [-0.39, 0.29) is 6.61 Å². The van der Waals surface area contributed by atoms with Gasteiger partial charge in [-0.2, -0.15) is 0 Å². The van der Waals surface area contributed by atoms with E-state index in [0.29, 0.717) is 5.41 Å². The van der Waals surface area contributed by atoms with Crippen LogP contribution in [0.4, 0.5) is 0 Å². The Hall–Kier alpha value is -0.820. The normalized spacial score (nSPS) is 18.6. The molecular formula is C17H25NOS. The Balaban J connectivity index is 1.88. The number of hydrogen-bond donors (Lipinski definition) is 1. The maximum absolute atomic E-state index is 8.71. The molecule has 3 heteroatoms. The minimum absolute atomic E-state index is 0.0600. The molecule has 20 heavy (non-hydrogen) atoms. The molecule has 0 saturated carbocycles. The minimum atomic E-state index is -0.0600. The van der Waals surface area contributed by atoms with Crippen LogP contribution < -0.4 is 0 Å². The fourth-order valence-electron chi connectivity index (χ4n) is 3.02. The van der Waals surface area contributed by atoms with Crippen molar-refractivity contribution in [1.82, 2.24) is 4.90 Å². The Kier molecular flexibility index (Phi) is 5.65. The van der Waals surface area contributed by atoms with E-state index in [1.165, 1.54) is 43.6 Å². The fourth-order valence-corrected chi connectivity index (χ4v) is 3.94. The molecule has 0 aromatic carbocycles. The molecule has 2 nitrogen and oxygen atoms in total. The van der Waals surface area contributed by atoms with Crippen molar-refractivity contribution in [2.75, 3.05) is 19.7 Å². The average Bonchev–Trinajstić information content (AvgIpc) is 2.94. The average molecular weight is 291 g/mol. The number of piperidine rings is 1. The molecule has 0 amide bonds. The first-order chi connectivity index (χ1) is 9.71. The lowest BCUT2D eigenvalue weighted by molar-refractivity contribution is 0.0915. The summed E-state index contributed by atoms with van der Waals surface area (Å²) in [6.45, 7) is 8.11. The summed E-state index contributed by atoms with van der Waals surface area (Å²) in [5, 5.41) is 8.71. The van der Waals surface area contributed by atoms with Crippen molar-refractivity contribution in [2.24, 2.45) is 5.41 Å². The van der Waals surface area contributed by atoms with E-state index in [2.05, 4.69) is 42.7 Å². The van der Waals surface area contributed by atoms with Crippen LogP contribution in [-0.4, -0.2) is 29.7 Å². The first-order valence-corrected chi connectivity index (χ1v) is 8.44. The molecule has 0 spiro atoms. The molecule has 0 unspecified atom stereocenters. The molecule has 0 bridgehead atoms. The van der Waals surface area contributed by atoms with Gasteiger partial charge in [0.05, 0.1) is 4.88 Å². The predicted molar refractivity (Wildman–Crippen MR) is 85.8 cm³/mol. The van der Waals surface area contributed by atoms with Crippen molar-refractivity contribution in [2.45, 2.75) is 46.1 Å². The summed E-state index contributed by atoms with van der Waals surface area (Å²) in [7, 11) is 0. The smallest absolute Gasteiger partial charge is 0.104 e. The molecule has 1 fully saturated rings. The lowest BCUT2D eigenvalue weighted by Crippen LogP contribution is -2.38. The molecule has 2 rings (SSSR count). The van der Waals surface area contributed by atoms with E-state index in [4.69, 9.17) is 5.11 Å². The van der Waals surface area contributed by atoms with Gasteiger partial charge in [0.25, 0.3) is 0 Å². The number of nitrogens with zero attached hydrogens (tertiary/aromatic N) is 1. The molecule has 1 aliphatic rings. The third kappa shape index (κ3) is 3.85. The number of thiophene rings is 1. The third-order valence-electron chi connectivity index (χ3n) is 4.75. The SMILES string of the molecule is CCC1(CC)CCN(Cc2ccc(C#CCO)s2)CC1. The van der Waals surface area contributed by atoms with E-state index in [9.17, 15) is 0 Å². The molecule has 110 valence electrons. The van der Waals surface area contributed by atoms with Gasteiger partial charge in [0.2, 0.25) is 0 Å². The Bertz CT molecular complexity index is 469. The van der Waals surface area contributed by atoms with Crippen LogP contribution in [0.1, 0.15) is 49.3 Å². The summed E-state index contributed by atoms with van der Waals surface area (Å²) >= 11 is 1.75. The van der Waals surface area contributed by atoms with Gasteiger partial charge in [0.1, 0.15) is 6.61 Å². The molecule has 1 aromatic heterocycles. The zero-order chi connectivity index (χ0) is 14.4. The van der Waals surface area contributed by atoms with Crippen molar-refractivity contribution >= 4 is 11.3 Å². The summed E-state index contributed by atoms with van der Waals surface area (Å²) in [5.74, 6) is 5.69. The topological polar surface area (TPSA) is 23.5 Å². The van der Waals surface area contributed by atoms with E-state index in [0.717, 1.165) is 11.4 Å². The molecular weight excluding hydrogens is 266 g/mol. The Morgan fingerprint density at radius 1 is 1.25 bits per heavy atom. The van der Waals surface area contributed by atoms with Gasteiger partial charge in [-0.3, -0.25) is 4.90 Å². The van der Waals surface area contributed by atoms with E-state index in [1.54, 1.807) is 11.3 Å². The third-order valence-corrected chi connectivity index (χ3v) is 5.73. The first kappa shape index (κ1) is 15.6. The maximum atomic E-state index is 8.71. The highest BCUT2D eigenvalue weighted by molar-refractivity contribution is 7.12. The van der Waals surface area contributed by atoms with Crippen molar-refractivity contribution in [1.29, 1.82) is 0 Å². The summed E-state index contributed by atoms with van der Waals surface area (Å²) in [5.41, 5.74) is 0.601. The van der Waals surface area contributed by atoms with Crippen LogP contribution in [0.5, 0.6) is 0 Å². The van der Waals surface area contributed by atoms with Crippen LogP contribution in [0, 0.1) is 17.3 Å². The number of rotatable bonds is 4. The number of likely N-dealkylation sites (tertiary alicyclic amines) is 1. The number of hydrogen-bond acceptors (Lipinski definition) is 3. The summed E-state index contributed by atoms with van der Waals surface area (Å²) < 4.78 is 0. The Labute approximate surface area is 126 Å². The second-order valence-electron chi connectivity index (χ2n) is 5.71. The highest BCUT2D eigenvalue weighted by atomic mass is 32.1. The maximum Gasteiger partial charge on any atom is 0.104 e. The van der Waals surface area contributed by atoms with Gasteiger partial charge < -0.3 is 5.11 Å². The van der Waals surface area contributed by atoms with E-state index >= 15 is 0 Å². The highest BCUT2D eigenvalue weighted by Gasteiger charge is 2.31. The Morgan fingerprint density at radius 2 is 1.95 bits per heavy atom. The van der Waals surface area contributed by atoms with Gasteiger partial charge in [0.15, 0.2) is 0 Å². The van der Waals surface area contributed by atoms with Gasteiger partial charge in [-0.15, -0.1) is 11.3 Å². The zero-order valence-corrected chi connectivity index (χ0v) is 13.4. The highest BCUT2D eigenvalue weighted by Crippen LogP contribution is 2.38. The number of aliphatic hydroxyl groups excluding tert-OH is 1. The fraction of sp³-hybridized carbons (Fsp3) is 0.647. The van der Waals surface area contributed by atoms with Gasteiger partial charge in [-0.25, -0.2) is 0 Å². The van der Waals surface area contributed by atoms with Crippen LogP contribution in [0.2, 0.25) is 0 Å². The molecule has 2 heterocycles. The van der Waals surface area contributed by atoms with Gasteiger partial charge in [0, 0.05) is 11.4 Å². The van der Waals surface area contributed by atoms with Crippen molar-refractivity contribution in [3.8, 4) is 11.8 Å². The van der Waals surface area contributed by atoms with Gasteiger partial charge >= 0.3 is 0 Å². The quantitative estimate of drug-likeness (QED) is 0.858. The van der Waals surface area contributed by atoms with E-state index < -0.39 is 0 Å². The molecule has 0 aliphatic carbocycles. The van der Waals surface area contributed by atoms with Crippen LogP contribution in [0.3, 0.4) is 0 Å². The molecule has 1 saturated heterocycles. The second-order valence-corrected chi connectivity index (χ2v) is 6.88. The standard InChI is InChI=1S/C17H25NOS/c1-3-17(4-2)9-11-18(12-10-17)14-16-8-7-15(20-16)6-5-13-19/h7-8,19H,3-4,9-14H2,1-2H3. The van der Waals surface area contributed by atoms with Crippen LogP contribution in [0.15, 0.2) is 12.1 Å². The number of aliphatic hydroxyl groups is 1. The molecule has 1 aromatic rings. The second kappa shape index (κ2) is 7.26. The monoisotopic (exact) mass is 291 g/mol. The molecule has 0 radical (unpaired) electrons. The van der Waals surface area contributed by atoms with Crippen molar-refractivity contribution in [3.05, 3.63) is 21.9 Å². The summed E-state index contributed by atoms with van der Waals surface area (Å²) in [4.78, 5) is 5.01. The van der Waals surface area contributed by atoms with Crippen molar-refractivity contribution in [3.63, 3.8) is 0 Å². The summed E-state index contributed by atoms with van der Waals surface area (Å²) in [6, 6.07) is 4.24. The largest absolute Gasteiger partial charge is 0.384 e. The lowest BCUT2D eigenvalue weighted by Gasteiger charge is -2.40.